The molecule has 4 nitrogen and oxygen atoms in total. The molecule has 0 bridgehead atoms. The highest BCUT2D eigenvalue weighted by Crippen LogP contribution is 2.25. The quantitative estimate of drug-likeness (QED) is 0.550. The zero-order valence-electron chi connectivity index (χ0n) is 14.4. The van der Waals surface area contributed by atoms with Crippen LogP contribution in [0.5, 0.6) is 0 Å². The van der Waals surface area contributed by atoms with Crippen molar-refractivity contribution in [3.05, 3.63) is 96.7 Å². The number of rotatable bonds is 4. The lowest BCUT2D eigenvalue weighted by molar-refractivity contribution is 0.0697. The normalized spacial score (nSPS) is 10.5. The van der Waals surface area contributed by atoms with E-state index in [4.69, 9.17) is 5.11 Å². The Balaban J connectivity index is 1.63. The van der Waals surface area contributed by atoms with Crippen molar-refractivity contribution in [3.63, 3.8) is 0 Å². The van der Waals surface area contributed by atoms with E-state index in [-0.39, 0.29) is 5.56 Å². The molecule has 1 aromatic heterocycles. The van der Waals surface area contributed by atoms with Crippen molar-refractivity contribution in [2.45, 2.75) is 0 Å². The molecule has 4 heteroatoms. The second-order valence-electron chi connectivity index (χ2n) is 6.09. The van der Waals surface area contributed by atoms with E-state index in [9.17, 15) is 4.79 Å². The Kier molecular flexibility index (Phi) is 4.45. The number of hydrogen-bond acceptors (Lipinski definition) is 3. The van der Waals surface area contributed by atoms with Crippen molar-refractivity contribution in [1.82, 2.24) is 9.97 Å². The van der Waals surface area contributed by atoms with Gasteiger partial charge in [-0.1, -0.05) is 66.7 Å². The molecule has 0 aliphatic carbocycles. The molecule has 0 radical (unpaired) electrons. The molecule has 130 valence electrons. The number of carboxylic acids is 1. The maximum absolute atomic E-state index is 11.0. The molecule has 0 saturated heterocycles. The van der Waals surface area contributed by atoms with E-state index in [0.29, 0.717) is 5.82 Å². The summed E-state index contributed by atoms with van der Waals surface area (Å²) in [6, 6.07) is 26.9. The molecule has 0 atom stereocenters. The summed E-state index contributed by atoms with van der Waals surface area (Å²) in [6.45, 7) is 0. The molecule has 0 aliphatic heterocycles. The van der Waals surface area contributed by atoms with Crippen molar-refractivity contribution in [1.29, 1.82) is 0 Å². The van der Waals surface area contributed by atoms with Crippen molar-refractivity contribution in [2.24, 2.45) is 0 Å². The summed E-state index contributed by atoms with van der Waals surface area (Å²) in [5.41, 5.74) is 5.17. The monoisotopic (exact) mass is 352 g/mol. The second kappa shape index (κ2) is 7.22. The lowest BCUT2D eigenvalue weighted by Crippen LogP contribution is -1.96. The van der Waals surface area contributed by atoms with Crippen LogP contribution >= 0.6 is 0 Å². The Hall–Kier alpha value is -3.79. The average Bonchev–Trinajstić information content (AvgIpc) is 2.75. The van der Waals surface area contributed by atoms with Crippen molar-refractivity contribution >= 4 is 5.97 Å². The predicted molar refractivity (Wildman–Crippen MR) is 105 cm³/mol. The van der Waals surface area contributed by atoms with Gasteiger partial charge in [-0.2, -0.15) is 0 Å². The fourth-order valence-corrected chi connectivity index (χ4v) is 2.88. The molecular formula is C23H16N2O2. The van der Waals surface area contributed by atoms with Gasteiger partial charge in [-0.15, -0.1) is 0 Å². The third kappa shape index (κ3) is 3.60. The molecule has 4 rings (SSSR count). The molecule has 0 spiro atoms. The van der Waals surface area contributed by atoms with Crippen molar-refractivity contribution < 1.29 is 9.90 Å². The fourth-order valence-electron chi connectivity index (χ4n) is 2.88. The number of hydrogen-bond donors (Lipinski definition) is 1. The van der Waals surface area contributed by atoms with Gasteiger partial charge in [0.1, 0.15) is 0 Å². The first-order valence-electron chi connectivity index (χ1n) is 8.53. The maximum Gasteiger partial charge on any atom is 0.335 e. The van der Waals surface area contributed by atoms with Crippen LogP contribution in [0.1, 0.15) is 10.4 Å². The smallest absolute Gasteiger partial charge is 0.335 e. The van der Waals surface area contributed by atoms with E-state index in [1.807, 2.05) is 36.4 Å². The van der Waals surface area contributed by atoms with E-state index in [1.54, 1.807) is 30.5 Å². The van der Waals surface area contributed by atoms with Crippen LogP contribution in [-0.4, -0.2) is 21.0 Å². The molecule has 1 N–H and O–H groups in total. The van der Waals surface area contributed by atoms with Crippen LogP contribution in [0.3, 0.4) is 0 Å². The summed E-state index contributed by atoms with van der Waals surface area (Å²) in [7, 11) is 0. The highest BCUT2D eigenvalue weighted by Gasteiger charge is 2.07. The minimum absolute atomic E-state index is 0.242. The molecule has 0 aliphatic rings. The molecule has 4 aromatic rings. The number of aromatic carboxylic acids is 1. The van der Waals surface area contributed by atoms with Gasteiger partial charge >= 0.3 is 5.97 Å². The number of carboxylic acid groups (broad SMARTS) is 1. The molecule has 1 heterocycles. The third-order valence-electron chi connectivity index (χ3n) is 4.33. The standard InChI is InChI=1S/C23H16N2O2/c26-23(27)20-12-10-19(11-13-20)22-24-15-14-21(25-22)18-8-6-17(7-9-18)16-4-2-1-3-5-16/h1-15H,(H,26,27). The zero-order valence-corrected chi connectivity index (χ0v) is 14.4. The molecule has 0 amide bonds. The second-order valence-corrected chi connectivity index (χ2v) is 6.09. The van der Waals surface area contributed by atoms with Gasteiger partial charge in [0, 0.05) is 17.3 Å². The number of carbonyl (C=O) groups is 1. The van der Waals surface area contributed by atoms with Gasteiger partial charge in [0.2, 0.25) is 0 Å². The number of aromatic nitrogens is 2. The van der Waals surface area contributed by atoms with Gasteiger partial charge in [-0.3, -0.25) is 0 Å². The van der Waals surface area contributed by atoms with Crippen LogP contribution in [0, 0.1) is 0 Å². The Morgan fingerprint density at radius 3 is 1.93 bits per heavy atom. The summed E-state index contributed by atoms with van der Waals surface area (Å²) < 4.78 is 0. The van der Waals surface area contributed by atoms with E-state index < -0.39 is 5.97 Å². The van der Waals surface area contributed by atoms with Gasteiger partial charge in [0.15, 0.2) is 5.82 Å². The Morgan fingerprint density at radius 2 is 1.26 bits per heavy atom. The minimum atomic E-state index is -0.949. The van der Waals surface area contributed by atoms with Gasteiger partial charge in [-0.05, 0) is 29.3 Å². The Bertz CT molecular complexity index is 1070. The minimum Gasteiger partial charge on any atom is -0.478 e. The topological polar surface area (TPSA) is 63.1 Å². The summed E-state index contributed by atoms with van der Waals surface area (Å²) in [6.07, 6.45) is 1.72. The van der Waals surface area contributed by atoms with Crippen LogP contribution in [0.15, 0.2) is 91.1 Å². The molecule has 3 aromatic carbocycles. The first kappa shape index (κ1) is 16.7. The van der Waals surface area contributed by atoms with Crippen molar-refractivity contribution in [2.75, 3.05) is 0 Å². The first-order valence-corrected chi connectivity index (χ1v) is 8.53. The summed E-state index contributed by atoms with van der Waals surface area (Å²) >= 11 is 0. The maximum atomic E-state index is 11.0. The first-order chi connectivity index (χ1) is 13.2. The van der Waals surface area contributed by atoms with Crippen LogP contribution in [0.2, 0.25) is 0 Å². The summed E-state index contributed by atoms with van der Waals surface area (Å²) in [5.74, 6) is -0.383. The van der Waals surface area contributed by atoms with Gasteiger partial charge in [0.25, 0.3) is 0 Å². The molecule has 0 fully saturated rings. The SMILES string of the molecule is O=C(O)c1ccc(-c2nccc(-c3ccc(-c4ccccc4)cc3)n2)cc1. The van der Waals surface area contributed by atoms with E-state index in [2.05, 4.69) is 34.2 Å². The van der Waals surface area contributed by atoms with Crippen LogP contribution in [0.4, 0.5) is 0 Å². The average molecular weight is 352 g/mol. The van der Waals surface area contributed by atoms with Crippen LogP contribution in [0.25, 0.3) is 33.8 Å². The van der Waals surface area contributed by atoms with Crippen molar-refractivity contribution in [3.8, 4) is 33.8 Å². The van der Waals surface area contributed by atoms with E-state index >= 15 is 0 Å². The van der Waals surface area contributed by atoms with Crippen LogP contribution in [-0.2, 0) is 0 Å². The summed E-state index contributed by atoms with van der Waals surface area (Å²) in [4.78, 5) is 19.9. The lowest BCUT2D eigenvalue weighted by Gasteiger charge is -2.06. The molecule has 27 heavy (non-hydrogen) atoms. The predicted octanol–water partition coefficient (Wildman–Crippen LogP) is 5.18. The Labute approximate surface area is 156 Å². The Morgan fingerprint density at radius 1 is 0.667 bits per heavy atom. The van der Waals surface area contributed by atoms with Gasteiger partial charge < -0.3 is 5.11 Å². The molecule has 0 saturated carbocycles. The third-order valence-corrected chi connectivity index (χ3v) is 4.33. The van der Waals surface area contributed by atoms with E-state index in [1.165, 1.54) is 5.56 Å². The lowest BCUT2D eigenvalue weighted by atomic mass is 10.0. The number of nitrogens with zero attached hydrogens (tertiary/aromatic N) is 2. The highest BCUT2D eigenvalue weighted by atomic mass is 16.4. The molecule has 0 unspecified atom stereocenters. The molecular weight excluding hydrogens is 336 g/mol. The van der Waals surface area contributed by atoms with Gasteiger partial charge in [-0.25, -0.2) is 14.8 Å². The highest BCUT2D eigenvalue weighted by molar-refractivity contribution is 5.88. The number of benzene rings is 3. The zero-order chi connectivity index (χ0) is 18.6. The largest absolute Gasteiger partial charge is 0.478 e. The van der Waals surface area contributed by atoms with E-state index in [0.717, 1.165) is 22.4 Å². The fraction of sp³-hybridized carbons (Fsp3) is 0. The van der Waals surface area contributed by atoms with Crippen LogP contribution < -0.4 is 0 Å². The van der Waals surface area contributed by atoms with Gasteiger partial charge in [0.05, 0.1) is 11.3 Å². The summed E-state index contributed by atoms with van der Waals surface area (Å²) in [5, 5.41) is 9.01.